The Kier molecular flexibility index (Phi) is 3.88. The smallest absolute Gasteiger partial charge is 0.251 e. The molecule has 0 spiro atoms. The van der Waals surface area contributed by atoms with Crippen molar-refractivity contribution in [3.05, 3.63) is 63.8 Å². The van der Waals surface area contributed by atoms with Crippen LogP contribution in [0.4, 0.5) is 0 Å². The van der Waals surface area contributed by atoms with Gasteiger partial charge in [0.05, 0.1) is 11.1 Å². The summed E-state index contributed by atoms with van der Waals surface area (Å²) in [5.41, 5.74) is 1.92. The molecule has 0 atom stereocenters. The molecule has 110 valence electrons. The van der Waals surface area contributed by atoms with Crippen LogP contribution in [-0.4, -0.2) is 16.5 Å². The number of H-pyrrole nitrogens is 1. The van der Waals surface area contributed by atoms with Crippen molar-refractivity contribution in [2.45, 2.75) is 38.1 Å². The fourth-order valence-corrected chi connectivity index (χ4v) is 2.76. The Hall–Kier alpha value is -1.94. The fraction of sp³-hybridized carbons (Fsp3) is 0.412. The highest BCUT2D eigenvalue weighted by Crippen LogP contribution is 2.51. The maximum Gasteiger partial charge on any atom is 0.251 e. The molecule has 1 aromatic carbocycles. The summed E-state index contributed by atoms with van der Waals surface area (Å²) in [6, 6.07) is 11.9. The van der Waals surface area contributed by atoms with Gasteiger partial charge in [0.2, 0.25) is 0 Å². The van der Waals surface area contributed by atoms with Crippen molar-refractivity contribution in [2.24, 2.45) is 0 Å². The summed E-state index contributed by atoms with van der Waals surface area (Å²) in [7, 11) is 0. The van der Waals surface area contributed by atoms with Crippen molar-refractivity contribution < 1.29 is 0 Å². The van der Waals surface area contributed by atoms with E-state index < -0.39 is 0 Å². The fourth-order valence-electron chi connectivity index (χ4n) is 2.76. The number of aromatic amines is 1. The van der Waals surface area contributed by atoms with Crippen molar-refractivity contribution in [3.8, 4) is 0 Å². The molecule has 0 aliphatic heterocycles. The van der Waals surface area contributed by atoms with Crippen LogP contribution in [0.15, 0.2) is 41.2 Å². The van der Waals surface area contributed by atoms with Gasteiger partial charge in [-0.3, -0.25) is 4.79 Å². The van der Waals surface area contributed by atoms with E-state index in [1.165, 1.54) is 5.56 Å². The molecule has 0 amide bonds. The lowest BCUT2D eigenvalue weighted by Crippen LogP contribution is -2.23. The molecule has 2 N–H and O–H groups in total. The van der Waals surface area contributed by atoms with Crippen LogP contribution in [0.3, 0.4) is 0 Å². The van der Waals surface area contributed by atoms with Crippen molar-refractivity contribution in [1.29, 1.82) is 0 Å². The van der Waals surface area contributed by atoms with E-state index in [1.54, 1.807) is 6.07 Å². The standard InChI is InChI=1S/C17H21N3O/c1-2-10-18-12-14-11-15(21)20-16(19-14)17(8-9-17)13-6-4-3-5-7-13/h3-7,11,18H,2,8-10,12H2,1H3,(H,19,20,21). The monoisotopic (exact) mass is 283 g/mol. The second-order valence-corrected chi connectivity index (χ2v) is 5.71. The van der Waals surface area contributed by atoms with E-state index in [4.69, 9.17) is 4.98 Å². The number of hydrogen-bond acceptors (Lipinski definition) is 3. The predicted octanol–water partition coefficient (Wildman–Crippen LogP) is 2.35. The third-order valence-electron chi connectivity index (χ3n) is 4.06. The van der Waals surface area contributed by atoms with Crippen molar-refractivity contribution >= 4 is 0 Å². The van der Waals surface area contributed by atoms with Gasteiger partial charge in [-0.05, 0) is 31.4 Å². The van der Waals surface area contributed by atoms with Gasteiger partial charge in [-0.2, -0.15) is 0 Å². The minimum absolute atomic E-state index is 0.0597. The van der Waals surface area contributed by atoms with E-state index in [-0.39, 0.29) is 11.0 Å². The summed E-state index contributed by atoms with van der Waals surface area (Å²) in [4.78, 5) is 19.6. The Bertz CT molecular complexity index is 659. The molecule has 21 heavy (non-hydrogen) atoms. The first-order chi connectivity index (χ1) is 10.2. The lowest BCUT2D eigenvalue weighted by molar-refractivity contribution is 0.648. The highest BCUT2D eigenvalue weighted by atomic mass is 16.1. The van der Waals surface area contributed by atoms with Crippen molar-refractivity contribution in [3.63, 3.8) is 0 Å². The first kappa shape index (κ1) is 14.0. The lowest BCUT2D eigenvalue weighted by Gasteiger charge is -2.15. The van der Waals surface area contributed by atoms with E-state index in [1.807, 2.05) is 18.2 Å². The quantitative estimate of drug-likeness (QED) is 0.800. The number of rotatable bonds is 6. The van der Waals surface area contributed by atoms with Gasteiger partial charge >= 0.3 is 0 Å². The molecular weight excluding hydrogens is 262 g/mol. The van der Waals surface area contributed by atoms with E-state index in [9.17, 15) is 4.79 Å². The first-order valence-electron chi connectivity index (χ1n) is 7.61. The van der Waals surface area contributed by atoms with Gasteiger partial charge in [0.15, 0.2) is 0 Å². The van der Waals surface area contributed by atoms with Crippen LogP contribution < -0.4 is 10.9 Å². The molecule has 3 rings (SSSR count). The topological polar surface area (TPSA) is 57.8 Å². The summed E-state index contributed by atoms with van der Waals surface area (Å²) in [6.07, 6.45) is 3.17. The molecule has 0 radical (unpaired) electrons. The normalized spacial score (nSPS) is 15.9. The first-order valence-corrected chi connectivity index (χ1v) is 7.61. The van der Waals surface area contributed by atoms with Gasteiger partial charge in [0.1, 0.15) is 5.82 Å². The third kappa shape index (κ3) is 2.90. The van der Waals surface area contributed by atoms with Crippen LogP contribution in [-0.2, 0) is 12.0 Å². The predicted molar refractivity (Wildman–Crippen MR) is 83.3 cm³/mol. The number of benzene rings is 1. The summed E-state index contributed by atoms with van der Waals surface area (Å²) in [6.45, 7) is 3.71. The van der Waals surface area contributed by atoms with Gasteiger partial charge in [-0.1, -0.05) is 37.3 Å². The number of nitrogens with one attached hydrogen (secondary N) is 2. The molecule has 0 bridgehead atoms. The van der Waals surface area contributed by atoms with Gasteiger partial charge < -0.3 is 10.3 Å². The van der Waals surface area contributed by atoms with Gasteiger partial charge in [0.25, 0.3) is 5.56 Å². The Balaban J connectivity index is 1.90. The molecule has 0 saturated heterocycles. The summed E-state index contributed by atoms with van der Waals surface area (Å²) in [5, 5.41) is 3.30. The molecule has 1 saturated carbocycles. The maximum absolute atomic E-state index is 11.9. The van der Waals surface area contributed by atoms with Gasteiger partial charge in [-0.15, -0.1) is 0 Å². The average molecular weight is 283 g/mol. The Labute approximate surface area is 124 Å². The summed E-state index contributed by atoms with van der Waals surface area (Å²) in [5.74, 6) is 0.814. The molecular formula is C17H21N3O. The Morgan fingerprint density at radius 3 is 2.71 bits per heavy atom. The molecule has 0 unspecified atom stereocenters. The maximum atomic E-state index is 11.9. The average Bonchev–Trinajstić information content (AvgIpc) is 3.30. The van der Waals surface area contributed by atoms with Crippen LogP contribution in [0.2, 0.25) is 0 Å². The minimum atomic E-state index is -0.0822. The van der Waals surface area contributed by atoms with E-state index >= 15 is 0 Å². The molecule has 1 aliphatic rings. The Morgan fingerprint density at radius 1 is 1.29 bits per heavy atom. The minimum Gasteiger partial charge on any atom is -0.311 e. The summed E-state index contributed by atoms with van der Waals surface area (Å²) >= 11 is 0. The zero-order chi connectivity index (χ0) is 14.7. The lowest BCUT2D eigenvalue weighted by atomic mass is 9.95. The highest BCUT2D eigenvalue weighted by molar-refractivity contribution is 5.39. The second kappa shape index (κ2) is 5.82. The number of nitrogens with zero attached hydrogens (tertiary/aromatic N) is 1. The molecule has 4 heteroatoms. The molecule has 4 nitrogen and oxygen atoms in total. The van der Waals surface area contributed by atoms with Gasteiger partial charge in [0, 0.05) is 12.6 Å². The molecule has 1 fully saturated rings. The second-order valence-electron chi connectivity index (χ2n) is 5.71. The van der Waals surface area contributed by atoms with Crippen LogP contribution in [0.1, 0.15) is 43.3 Å². The van der Waals surface area contributed by atoms with E-state index in [0.29, 0.717) is 6.54 Å². The van der Waals surface area contributed by atoms with Crippen LogP contribution in [0.25, 0.3) is 0 Å². The third-order valence-corrected chi connectivity index (χ3v) is 4.06. The molecule has 1 heterocycles. The van der Waals surface area contributed by atoms with Crippen molar-refractivity contribution in [1.82, 2.24) is 15.3 Å². The largest absolute Gasteiger partial charge is 0.311 e. The van der Waals surface area contributed by atoms with Crippen LogP contribution in [0.5, 0.6) is 0 Å². The Morgan fingerprint density at radius 2 is 2.05 bits per heavy atom. The summed E-state index contributed by atoms with van der Waals surface area (Å²) < 4.78 is 0. The zero-order valence-electron chi connectivity index (χ0n) is 12.4. The SMILES string of the molecule is CCCNCc1cc(=O)[nH]c(C2(c3ccccc3)CC2)n1. The molecule has 2 aromatic rings. The van der Waals surface area contributed by atoms with Crippen molar-refractivity contribution in [2.75, 3.05) is 6.54 Å². The molecule has 1 aliphatic carbocycles. The molecule has 1 aromatic heterocycles. The van der Waals surface area contributed by atoms with Crippen LogP contribution >= 0.6 is 0 Å². The van der Waals surface area contributed by atoms with E-state index in [2.05, 4.69) is 29.4 Å². The van der Waals surface area contributed by atoms with E-state index in [0.717, 1.165) is 37.3 Å². The van der Waals surface area contributed by atoms with Gasteiger partial charge in [-0.25, -0.2) is 4.98 Å². The number of hydrogen-bond donors (Lipinski definition) is 2. The zero-order valence-corrected chi connectivity index (χ0v) is 12.4. The van der Waals surface area contributed by atoms with Crippen LogP contribution in [0, 0.1) is 0 Å². The highest BCUT2D eigenvalue weighted by Gasteiger charge is 2.48. The number of aromatic nitrogens is 2.